The first-order valence-corrected chi connectivity index (χ1v) is 4.89. The van der Waals surface area contributed by atoms with Crippen molar-refractivity contribution in [3.05, 3.63) is 46.1 Å². The molecule has 3 N–H and O–H groups in total. The minimum atomic E-state index is -0.684. The molecule has 0 radical (unpaired) electrons. The van der Waals surface area contributed by atoms with Gasteiger partial charge < -0.3 is 14.8 Å². The molecular weight excluding hydrogens is 224 g/mol. The topological polar surface area (TPSA) is 95.3 Å². The Labute approximate surface area is 95.9 Å². The predicted octanol–water partition coefficient (Wildman–Crippen LogP) is 0.833. The van der Waals surface area contributed by atoms with Crippen LogP contribution in [0, 0.1) is 0 Å². The van der Waals surface area contributed by atoms with Gasteiger partial charge in [0.2, 0.25) is 12.3 Å². The molecule has 0 fully saturated rings. The van der Waals surface area contributed by atoms with Crippen LogP contribution in [0.5, 0.6) is 5.88 Å². The summed E-state index contributed by atoms with van der Waals surface area (Å²) < 4.78 is 4.76. The van der Waals surface area contributed by atoms with Crippen molar-refractivity contribution in [3.63, 3.8) is 0 Å². The van der Waals surface area contributed by atoms with E-state index in [0.717, 1.165) is 5.56 Å². The number of nitrogens with one attached hydrogen (secondary N) is 2. The molecule has 17 heavy (non-hydrogen) atoms. The third-order valence-electron chi connectivity index (χ3n) is 2.24. The summed E-state index contributed by atoms with van der Waals surface area (Å²) in [6, 6.07) is 6.95. The first kappa shape index (κ1) is 11.0. The number of rotatable bonds is 4. The van der Waals surface area contributed by atoms with Crippen molar-refractivity contribution >= 4 is 12.1 Å². The number of carbonyl (C=O) groups is 1. The second kappa shape index (κ2) is 4.56. The number of hydrogen-bond acceptors (Lipinski definition) is 4. The number of benzene rings is 1. The molecule has 2 aromatic rings. The highest BCUT2D eigenvalue weighted by Gasteiger charge is 2.09. The Morgan fingerprint density at radius 1 is 1.35 bits per heavy atom. The van der Waals surface area contributed by atoms with Gasteiger partial charge >= 0.3 is 5.76 Å². The van der Waals surface area contributed by atoms with Crippen molar-refractivity contribution in [2.24, 2.45) is 0 Å². The van der Waals surface area contributed by atoms with Crippen LogP contribution in [0.2, 0.25) is 0 Å². The lowest BCUT2D eigenvalue weighted by atomic mass is 10.1. The van der Waals surface area contributed by atoms with E-state index in [1.807, 2.05) is 0 Å². The highest BCUT2D eigenvalue weighted by molar-refractivity contribution is 5.71. The molecule has 1 amide bonds. The standard InChI is InChI=1S/C11H10N2O4/c14-6-12-8-3-1-7(2-4-8)5-9-10(15)13-11(16)17-9/h1-4,6,15H,5H2,(H,12,14)(H,13,16). The fourth-order valence-corrected chi connectivity index (χ4v) is 1.44. The summed E-state index contributed by atoms with van der Waals surface area (Å²) in [7, 11) is 0. The van der Waals surface area contributed by atoms with Gasteiger partial charge in [0.1, 0.15) is 0 Å². The molecule has 1 aromatic carbocycles. The van der Waals surface area contributed by atoms with Gasteiger partial charge in [0.05, 0.1) is 0 Å². The Morgan fingerprint density at radius 3 is 2.59 bits per heavy atom. The number of carbonyl (C=O) groups excluding carboxylic acids is 1. The van der Waals surface area contributed by atoms with E-state index in [0.29, 0.717) is 18.5 Å². The van der Waals surface area contributed by atoms with Crippen LogP contribution in [0.3, 0.4) is 0 Å². The van der Waals surface area contributed by atoms with E-state index in [2.05, 4.69) is 10.3 Å². The monoisotopic (exact) mass is 234 g/mol. The predicted molar refractivity (Wildman–Crippen MR) is 59.9 cm³/mol. The van der Waals surface area contributed by atoms with Gasteiger partial charge in [0.25, 0.3) is 0 Å². The van der Waals surface area contributed by atoms with Crippen molar-refractivity contribution in [2.45, 2.75) is 6.42 Å². The third-order valence-corrected chi connectivity index (χ3v) is 2.24. The van der Waals surface area contributed by atoms with Crippen molar-refractivity contribution in [1.82, 2.24) is 4.98 Å². The molecule has 0 aliphatic carbocycles. The van der Waals surface area contributed by atoms with E-state index in [1.54, 1.807) is 24.3 Å². The largest absolute Gasteiger partial charge is 0.492 e. The number of aromatic nitrogens is 1. The van der Waals surface area contributed by atoms with Gasteiger partial charge in [-0.1, -0.05) is 12.1 Å². The average molecular weight is 234 g/mol. The van der Waals surface area contributed by atoms with E-state index in [1.165, 1.54) is 0 Å². The molecule has 88 valence electrons. The zero-order valence-corrected chi connectivity index (χ0v) is 8.77. The molecule has 0 aliphatic rings. The van der Waals surface area contributed by atoms with Gasteiger partial charge in [0, 0.05) is 12.1 Å². The zero-order chi connectivity index (χ0) is 12.3. The lowest BCUT2D eigenvalue weighted by molar-refractivity contribution is -0.105. The average Bonchev–Trinajstić information content (AvgIpc) is 2.61. The van der Waals surface area contributed by atoms with Crippen LogP contribution < -0.4 is 11.1 Å². The highest BCUT2D eigenvalue weighted by atomic mass is 16.4. The summed E-state index contributed by atoms with van der Waals surface area (Å²) in [5.41, 5.74) is 1.52. The summed E-state index contributed by atoms with van der Waals surface area (Å²) in [6.45, 7) is 0. The quantitative estimate of drug-likeness (QED) is 0.683. The molecule has 2 rings (SSSR count). The number of anilines is 1. The van der Waals surface area contributed by atoms with Crippen LogP contribution in [-0.4, -0.2) is 16.5 Å². The Kier molecular flexibility index (Phi) is 2.95. The van der Waals surface area contributed by atoms with E-state index < -0.39 is 5.76 Å². The molecule has 0 aliphatic heterocycles. The maximum absolute atomic E-state index is 10.8. The van der Waals surface area contributed by atoms with E-state index >= 15 is 0 Å². The summed E-state index contributed by atoms with van der Waals surface area (Å²) in [6.07, 6.45) is 0.887. The number of oxazole rings is 1. The molecule has 1 heterocycles. The molecule has 6 heteroatoms. The molecular formula is C11H10N2O4. The number of hydrogen-bond donors (Lipinski definition) is 3. The van der Waals surface area contributed by atoms with Gasteiger partial charge in [-0.3, -0.25) is 9.78 Å². The smallest absolute Gasteiger partial charge is 0.419 e. The fraction of sp³-hybridized carbons (Fsp3) is 0.0909. The Balaban J connectivity index is 2.16. The van der Waals surface area contributed by atoms with Crippen LogP contribution in [0.15, 0.2) is 33.5 Å². The molecule has 0 unspecified atom stereocenters. The van der Waals surface area contributed by atoms with Gasteiger partial charge in [-0.2, -0.15) is 0 Å². The Morgan fingerprint density at radius 2 is 2.06 bits per heavy atom. The minimum Gasteiger partial charge on any atom is -0.492 e. The summed E-state index contributed by atoms with van der Waals surface area (Å²) in [4.78, 5) is 23.1. The SMILES string of the molecule is O=CNc1ccc(Cc2oc(=O)[nH]c2O)cc1. The van der Waals surface area contributed by atoms with E-state index in [-0.39, 0.29) is 11.6 Å². The lowest BCUT2D eigenvalue weighted by Crippen LogP contribution is -1.94. The van der Waals surface area contributed by atoms with Crippen molar-refractivity contribution < 1.29 is 14.3 Å². The van der Waals surface area contributed by atoms with Crippen LogP contribution >= 0.6 is 0 Å². The Bertz CT molecular complexity index is 568. The normalized spacial score (nSPS) is 10.1. The van der Waals surface area contributed by atoms with E-state index in [4.69, 9.17) is 4.42 Å². The Hall–Kier alpha value is -2.50. The van der Waals surface area contributed by atoms with Crippen molar-refractivity contribution in [3.8, 4) is 5.88 Å². The third kappa shape index (κ3) is 2.54. The van der Waals surface area contributed by atoms with Crippen LogP contribution in [0.25, 0.3) is 0 Å². The second-order valence-electron chi connectivity index (χ2n) is 3.42. The van der Waals surface area contributed by atoms with Gasteiger partial charge in [0.15, 0.2) is 5.76 Å². The van der Waals surface area contributed by atoms with Gasteiger partial charge in [-0.05, 0) is 17.7 Å². The first-order chi connectivity index (χ1) is 8.19. The molecule has 0 atom stereocenters. The maximum atomic E-state index is 10.8. The van der Waals surface area contributed by atoms with E-state index in [9.17, 15) is 14.7 Å². The minimum absolute atomic E-state index is 0.186. The maximum Gasteiger partial charge on any atom is 0.419 e. The summed E-state index contributed by atoms with van der Waals surface area (Å²) >= 11 is 0. The first-order valence-electron chi connectivity index (χ1n) is 4.89. The molecule has 6 nitrogen and oxygen atoms in total. The fourth-order valence-electron chi connectivity index (χ4n) is 1.44. The number of amides is 1. The van der Waals surface area contributed by atoms with Gasteiger partial charge in [-0.15, -0.1) is 0 Å². The zero-order valence-electron chi connectivity index (χ0n) is 8.77. The second-order valence-corrected chi connectivity index (χ2v) is 3.42. The number of H-pyrrole nitrogens is 1. The summed E-state index contributed by atoms with van der Waals surface area (Å²) in [5, 5.41) is 11.8. The van der Waals surface area contributed by atoms with Crippen LogP contribution in [-0.2, 0) is 11.2 Å². The van der Waals surface area contributed by atoms with Gasteiger partial charge in [-0.25, -0.2) is 4.79 Å². The molecule has 0 bridgehead atoms. The highest BCUT2D eigenvalue weighted by Crippen LogP contribution is 2.17. The van der Waals surface area contributed by atoms with Crippen molar-refractivity contribution in [1.29, 1.82) is 0 Å². The molecule has 1 aromatic heterocycles. The lowest BCUT2D eigenvalue weighted by Gasteiger charge is -2.01. The van der Waals surface area contributed by atoms with Crippen molar-refractivity contribution in [2.75, 3.05) is 5.32 Å². The number of aromatic amines is 1. The number of aromatic hydroxyl groups is 1. The molecule has 0 saturated carbocycles. The molecule has 0 spiro atoms. The summed E-state index contributed by atoms with van der Waals surface area (Å²) in [5.74, 6) is -0.757. The van der Waals surface area contributed by atoms with Crippen LogP contribution in [0.4, 0.5) is 5.69 Å². The van der Waals surface area contributed by atoms with Crippen LogP contribution in [0.1, 0.15) is 11.3 Å². The molecule has 0 saturated heterocycles.